The van der Waals surface area contributed by atoms with Crippen molar-refractivity contribution >= 4 is 33.1 Å². The van der Waals surface area contributed by atoms with E-state index in [0.717, 1.165) is 17.7 Å². The number of para-hydroxylation sites is 1. The van der Waals surface area contributed by atoms with Crippen LogP contribution in [-0.2, 0) is 6.54 Å². The second-order valence-corrected chi connectivity index (χ2v) is 6.75. The first-order chi connectivity index (χ1) is 11.5. The maximum absolute atomic E-state index is 12.6. The van der Waals surface area contributed by atoms with Crippen LogP contribution in [0.25, 0.3) is 10.2 Å². The predicted octanol–water partition coefficient (Wildman–Crippen LogP) is 3.74. The maximum Gasteiger partial charge on any atom is 0.266 e. The van der Waals surface area contributed by atoms with Crippen molar-refractivity contribution in [3.8, 4) is 0 Å². The number of carbonyl (C=O) groups is 1. The SMILES string of the molecule is CCCn1cnc2sc(C(=O)Nc3ccccc3C)c(C)c2c1=O. The fourth-order valence-electron chi connectivity index (χ4n) is 2.67. The highest BCUT2D eigenvalue weighted by Crippen LogP contribution is 2.28. The third-order valence-electron chi connectivity index (χ3n) is 3.98. The summed E-state index contributed by atoms with van der Waals surface area (Å²) < 4.78 is 1.60. The molecule has 0 aliphatic heterocycles. The highest BCUT2D eigenvalue weighted by Gasteiger charge is 2.19. The molecule has 1 aromatic carbocycles. The lowest BCUT2D eigenvalue weighted by atomic mass is 10.2. The van der Waals surface area contributed by atoms with Gasteiger partial charge in [0.2, 0.25) is 0 Å². The summed E-state index contributed by atoms with van der Waals surface area (Å²) in [5.74, 6) is -0.203. The van der Waals surface area contributed by atoms with Crippen molar-refractivity contribution in [3.05, 3.63) is 57.0 Å². The number of rotatable bonds is 4. The van der Waals surface area contributed by atoms with Crippen molar-refractivity contribution < 1.29 is 4.79 Å². The van der Waals surface area contributed by atoms with Gasteiger partial charge in [0, 0.05) is 12.2 Å². The van der Waals surface area contributed by atoms with Crippen LogP contribution in [0.5, 0.6) is 0 Å². The number of thiophene rings is 1. The third-order valence-corrected chi connectivity index (χ3v) is 5.18. The molecule has 0 radical (unpaired) electrons. The smallest absolute Gasteiger partial charge is 0.266 e. The molecule has 0 unspecified atom stereocenters. The Bertz CT molecular complexity index is 972. The molecule has 6 heteroatoms. The van der Waals surface area contributed by atoms with E-state index < -0.39 is 0 Å². The minimum Gasteiger partial charge on any atom is -0.321 e. The zero-order valence-electron chi connectivity index (χ0n) is 13.9. The fraction of sp³-hybridized carbons (Fsp3) is 0.278. The lowest BCUT2D eigenvalue weighted by Gasteiger charge is -2.07. The van der Waals surface area contributed by atoms with Gasteiger partial charge in [-0.1, -0.05) is 25.1 Å². The number of aryl methyl sites for hydroxylation is 3. The molecule has 3 rings (SSSR count). The Morgan fingerprint density at radius 3 is 2.75 bits per heavy atom. The zero-order chi connectivity index (χ0) is 17.3. The number of benzene rings is 1. The van der Waals surface area contributed by atoms with Gasteiger partial charge in [-0.3, -0.25) is 14.2 Å². The quantitative estimate of drug-likeness (QED) is 0.786. The van der Waals surface area contributed by atoms with Gasteiger partial charge in [-0.05, 0) is 37.5 Å². The van der Waals surface area contributed by atoms with Crippen LogP contribution < -0.4 is 10.9 Å². The molecular weight excluding hydrogens is 322 g/mol. The molecule has 5 nitrogen and oxygen atoms in total. The van der Waals surface area contributed by atoms with Gasteiger partial charge in [0.05, 0.1) is 16.6 Å². The van der Waals surface area contributed by atoms with Crippen LogP contribution in [0.2, 0.25) is 0 Å². The summed E-state index contributed by atoms with van der Waals surface area (Å²) in [7, 11) is 0. The number of aromatic nitrogens is 2. The molecule has 1 N–H and O–H groups in total. The van der Waals surface area contributed by atoms with E-state index in [1.807, 2.05) is 45.0 Å². The van der Waals surface area contributed by atoms with Gasteiger partial charge >= 0.3 is 0 Å². The lowest BCUT2D eigenvalue weighted by Crippen LogP contribution is -2.20. The van der Waals surface area contributed by atoms with Gasteiger partial charge in [-0.25, -0.2) is 4.98 Å². The van der Waals surface area contributed by atoms with Crippen molar-refractivity contribution in [1.82, 2.24) is 9.55 Å². The van der Waals surface area contributed by atoms with Gasteiger partial charge in [-0.15, -0.1) is 11.3 Å². The number of amides is 1. The number of hydrogen-bond donors (Lipinski definition) is 1. The second-order valence-electron chi connectivity index (χ2n) is 5.75. The molecule has 3 aromatic rings. The standard InChI is InChI=1S/C18H19N3O2S/c1-4-9-21-10-19-17-14(18(21)23)12(3)15(24-17)16(22)20-13-8-6-5-7-11(13)2/h5-8,10H,4,9H2,1-3H3,(H,20,22). The lowest BCUT2D eigenvalue weighted by molar-refractivity contribution is 0.103. The monoisotopic (exact) mass is 341 g/mol. The number of nitrogens with zero attached hydrogens (tertiary/aromatic N) is 2. The first-order valence-corrected chi connectivity index (χ1v) is 8.70. The third kappa shape index (κ3) is 2.85. The van der Waals surface area contributed by atoms with Crippen molar-refractivity contribution in [2.45, 2.75) is 33.7 Å². The Labute approximate surface area is 144 Å². The Morgan fingerprint density at radius 2 is 2.04 bits per heavy atom. The maximum atomic E-state index is 12.6. The van der Waals surface area contributed by atoms with Crippen molar-refractivity contribution in [1.29, 1.82) is 0 Å². The average molecular weight is 341 g/mol. The zero-order valence-corrected chi connectivity index (χ0v) is 14.7. The molecule has 124 valence electrons. The molecule has 0 saturated carbocycles. The molecule has 0 spiro atoms. The van der Waals surface area contributed by atoms with Crippen LogP contribution in [0.1, 0.15) is 34.1 Å². The minimum atomic E-state index is -0.203. The molecule has 0 fully saturated rings. The number of carbonyl (C=O) groups excluding carboxylic acids is 1. The Hall–Kier alpha value is -2.47. The fourth-order valence-corrected chi connectivity index (χ4v) is 3.70. The molecule has 2 aromatic heterocycles. The van der Waals surface area contributed by atoms with E-state index in [9.17, 15) is 9.59 Å². The molecule has 0 saturated heterocycles. The predicted molar refractivity (Wildman–Crippen MR) is 98.0 cm³/mol. The molecule has 0 aliphatic rings. The molecule has 1 amide bonds. The summed E-state index contributed by atoms with van der Waals surface area (Å²) >= 11 is 1.26. The first-order valence-electron chi connectivity index (χ1n) is 7.88. The second kappa shape index (κ2) is 6.57. The highest BCUT2D eigenvalue weighted by molar-refractivity contribution is 7.20. The highest BCUT2D eigenvalue weighted by atomic mass is 32.1. The van der Waals surface area contributed by atoms with E-state index in [1.165, 1.54) is 11.3 Å². The van der Waals surface area contributed by atoms with Crippen LogP contribution in [0, 0.1) is 13.8 Å². The first kappa shape index (κ1) is 16.4. The molecular formula is C18H19N3O2S. The van der Waals surface area contributed by atoms with E-state index >= 15 is 0 Å². The van der Waals surface area contributed by atoms with Crippen LogP contribution in [0.3, 0.4) is 0 Å². The minimum absolute atomic E-state index is 0.0782. The average Bonchev–Trinajstić information content (AvgIpc) is 2.90. The Morgan fingerprint density at radius 1 is 1.29 bits per heavy atom. The number of hydrogen-bond acceptors (Lipinski definition) is 4. The van der Waals surface area contributed by atoms with Crippen LogP contribution in [-0.4, -0.2) is 15.5 Å². The van der Waals surface area contributed by atoms with Crippen LogP contribution in [0.15, 0.2) is 35.4 Å². The van der Waals surface area contributed by atoms with Gasteiger partial charge < -0.3 is 5.32 Å². The van der Waals surface area contributed by atoms with Crippen LogP contribution >= 0.6 is 11.3 Å². The van der Waals surface area contributed by atoms with Gasteiger partial charge in [-0.2, -0.15) is 0 Å². The van der Waals surface area contributed by atoms with E-state index in [4.69, 9.17) is 0 Å². The molecule has 0 aliphatic carbocycles. The van der Waals surface area contributed by atoms with Crippen LogP contribution in [0.4, 0.5) is 5.69 Å². The van der Waals surface area contributed by atoms with Gasteiger partial charge in [0.1, 0.15) is 4.83 Å². The summed E-state index contributed by atoms with van der Waals surface area (Å²) in [6.07, 6.45) is 2.42. The van der Waals surface area contributed by atoms with E-state index in [1.54, 1.807) is 10.9 Å². The summed E-state index contributed by atoms with van der Waals surface area (Å²) in [6.45, 7) is 6.39. The summed E-state index contributed by atoms with van der Waals surface area (Å²) in [5.41, 5.74) is 2.39. The number of nitrogens with one attached hydrogen (secondary N) is 1. The number of fused-ring (bicyclic) bond motifs is 1. The normalized spacial score (nSPS) is 11.0. The van der Waals surface area contributed by atoms with Crippen molar-refractivity contribution in [2.75, 3.05) is 5.32 Å². The van der Waals surface area contributed by atoms with E-state index in [0.29, 0.717) is 27.2 Å². The molecule has 24 heavy (non-hydrogen) atoms. The largest absolute Gasteiger partial charge is 0.321 e. The Kier molecular flexibility index (Phi) is 4.49. The molecule has 0 atom stereocenters. The van der Waals surface area contributed by atoms with Gasteiger partial charge in [0.15, 0.2) is 0 Å². The summed E-state index contributed by atoms with van der Waals surface area (Å²) in [4.78, 5) is 30.7. The summed E-state index contributed by atoms with van der Waals surface area (Å²) in [5, 5.41) is 3.47. The topological polar surface area (TPSA) is 64.0 Å². The molecule has 0 bridgehead atoms. The number of anilines is 1. The van der Waals surface area contributed by atoms with E-state index in [2.05, 4.69) is 10.3 Å². The summed E-state index contributed by atoms with van der Waals surface area (Å²) in [6, 6.07) is 7.61. The van der Waals surface area contributed by atoms with E-state index in [-0.39, 0.29) is 11.5 Å². The Balaban J connectivity index is 2.03. The van der Waals surface area contributed by atoms with Crippen molar-refractivity contribution in [3.63, 3.8) is 0 Å². The van der Waals surface area contributed by atoms with Gasteiger partial charge in [0.25, 0.3) is 11.5 Å². The van der Waals surface area contributed by atoms with Crippen molar-refractivity contribution in [2.24, 2.45) is 0 Å². The molecule has 2 heterocycles.